The predicted molar refractivity (Wildman–Crippen MR) is 334 cm³/mol. The SMILES string of the molecule is CC/C=C\C/C=C\C/C=C\C/C=C\C/C=C\C/C=C\C/C=C\CCCCCCCC(=O)OCC(COC(=O)CCCCCCCCCCCCCCCC)OC(=O)CCCCCCCCC/C=C\C/C=C\CCCCCC. The highest BCUT2D eigenvalue weighted by molar-refractivity contribution is 5.71. The Morgan fingerprint density at radius 1 is 0.273 bits per heavy atom. The smallest absolute Gasteiger partial charge is 0.306 e. The fraction of sp³-hybridized carbons (Fsp3) is 0.704. The van der Waals surface area contributed by atoms with E-state index in [-0.39, 0.29) is 31.1 Å². The highest BCUT2D eigenvalue weighted by atomic mass is 16.6. The van der Waals surface area contributed by atoms with Crippen LogP contribution in [0.5, 0.6) is 0 Å². The molecule has 0 amide bonds. The van der Waals surface area contributed by atoms with Gasteiger partial charge in [0, 0.05) is 19.3 Å². The van der Waals surface area contributed by atoms with Crippen molar-refractivity contribution in [2.24, 2.45) is 0 Å². The molecule has 0 radical (unpaired) electrons. The number of unbranched alkanes of at least 4 members (excludes halogenated alkanes) is 29. The van der Waals surface area contributed by atoms with Crippen molar-refractivity contribution in [2.75, 3.05) is 13.2 Å². The molecule has 0 fully saturated rings. The minimum absolute atomic E-state index is 0.0860. The Balaban J connectivity index is 4.39. The van der Waals surface area contributed by atoms with Crippen LogP contribution in [0.4, 0.5) is 0 Å². The summed E-state index contributed by atoms with van der Waals surface area (Å²) in [5.74, 6) is -0.905. The molecule has 0 aliphatic carbocycles. The van der Waals surface area contributed by atoms with Crippen molar-refractivity contribution in [1.29, 1.82) is 0 Å². The van der Waals surface area contributed by atoms with E-state index < -0.39 is 6.10 Å². The van der Waals surface area contributed by atoms with E-state index in [0.717, 1.165) is 135 Å². The van der Waals surface area contributed by atoms with Crippen LogP contribution >= 0.6 is 0 Å². The van der Waals surface area contributed by atoms with Crippen LogP contribution in [-0.2, 0) is 28.6 Å². The molecule has 0 saturated carbocycles. The zero-order valence-electron chi connectivity index (χ0n) is 50.4. The van der Waals surface area contributed by atoms with Gasteiger partial charge in [-0.15, -0.1) is 0 Å². The number of hydrogen-bond acceptors (Lipinski definition) is 6. The van der Waals surface area contributed by atoms with Gasteiger partial charge in [0.15, 0.2) is 6.10 Å². The second-order valence-corrected chi connectivity index (χ2v) is 21.3. The van der Waals surface area contributed by atoms with Crippen molar-refractivity contribution in [3.8, 4) is 0 Å². The number of esters is 3. The molecule has 0 N–H and O–H groups in total. The molecular formula is C71H120O6. The Labute approximate surface area is 476 Å². The van der Waals surface area contributed by atoms with Crippen LogP contribution in [0.1, 0.15) is 303 Å². The van der Waals surface area contributed by atoms with Gasteiger partial charge in [-0.3, -0.25) is 14.4 Å². The maximum absolute atomic E-state index is 12.9. The van der Waals surface area contributed by atoms with Crippen LogP contribution in [0.3, 0.4) is 0 Å². The molecule has 0 aromatic rings. The van der Waals surface area contributed by atoms with Crippen LogP contribution in [0.25, 0.3) is 0 Å². The van der Waals surface area contributed by atoms with Crippen LogP contribution in [0.15, 0.2) is 109 Å². The Hall–Kier alpha value is -3.93. The average Bonchev–Trinajstić information content (AvgIpc) is 3.43. The lowest BCUT2D eigenvalue weighted by Gasteiger charge is -2.18. The number of rotatable bonds is 58. The first-order valence-corrected chi connectivity index (χ1v) is 32.4. The minimum atomic E-state index is -0.792. The quantitative estimate of drug-likeness (QED) is 0.0261. The number of carbonyl (C=O) groups is 3. The molecule has 1 unspecified atom stereocenters. The fourth-order valence-electron chi connectivity index (χ4n) is 8.92. The zero-order valence-corrected chi connectivity index (χ0v) is 50.4. The van der Waals surface area contributed by atoms with Crippen molar-refractivity contribution >= 4 is 17.9 Å². The van der Waals surface area contributed by atoms with E-state index in [1.165, 1.54) is 128 Å². The lowest BCUT2D eigenvalue weighted by Crippen LogP contribution is -2.30. The summed E-state index contributed by atoms with van der Waals surface area (Å²) in [7, 11) is 0. The Morgan fingerprint density at radius 2 is 0.506 bits per heavy atom. The normalized spacial score (nSPS) is 12.8. The molecule has 0 heterocycles. The summed E-state index contributed by atoms with van der Waals surface area (Å²) >= 11 is 0. The summed E-state index contributed by atoms with van der Waals surface area (Å²) in [4.78, 5) is 38.3. The molecule has 0 saturated heterocycles. The lowest BCUT2D eigenvalue weighted by molar-refractivity contribution is -0.167. The third-order valence-corrected chi connectivity index (χ3v) is 13.8. The van der Waals surface area contributed by atoms with Gasteiger partial charge in [-0.05, 0) is 109 Å². The maximum Gasteiger partial charge on any atom is 0.306 e. The summed E-state index contributed by atoms with van der Waals surface area (Å²) in [6.45, 7) is 6.51. The second-order valence-electron chi connectivity index (χ2n) is 21.3. The van der Waals surface area contributed by atoms with Gasteiger partial charge in [0.2, 0.25) is 0 Å². The predicted octanol–water partition coefficient (Wildman–Crippen LogP) is 22.2. The van der Waals surface area contributed by atoms with Gasteiger partial charge in [-0.1, -0.05) is 284 Å². The largest absolute Gasteiger partial charge is 0.462 e. The van der Waals surface area contributed by atoms with E-state index in [0.29, 0.717) is 19.3 Å². The van der Waals surface area contributed by atoms with Crippen LogP contribution in [0.2, 0.25) is 0 Å². The van der Waals surface area contributed by atoms with Gasteiger partial charge >= 0.3 is 17.9 Å². The second kappa shape index (κ2) is 64.6. The molecule has 0 bridgehead atoms. The highest BCUT2D eigenvalue weighted by Crippen LogP contribution is 2.16. The maximum atomic E-state index is 12.9. The van der Waals surface area contributed by atoms with Gasteiger partial charge in [-0.25, -0.2) is 0 Å². The highest BCUT2D eigenvalue weighted by Gasteiger charge is 2.19. The van der Waals surface area contributed by atoms with E-state index in [1.807, 2.05) is 0 Å². The molecule has 6 heteroatoms. The zero-order chi connectivity index (χ0) is 55.7. The third kappa shape index (κ3) is 62.8. The number of hydrogen-bond donors (Lipinski definition) is 0. The molecule has 0 aromatic heterocycles. The molecule has 0 rings (SSSR count). The molecular weight excluding hydrogens is 949 g/mol. The van der Waals surface area contributed by atoms with E-state index >= 15 is 0 Å². The fourth-order valence-corrected chi connectivity index (χ4v) is 8.92. The van der Waals surface area contributed by atoms with E-state index in [1.54, 1.807) is 0 Å². The summed E-state index contributed by atoms with van der Waals surface area (Å²) in [6.07, 6.45) is 88.0. The van der Waals surface area contributed by atoms with Gasteiger partial charge in [0.25, 0.3) is 0 Å². The Bertz CT molecular complexity index is 1560. The van der Waals surface area contributed by atoms with E-state index in [4.69, 9.17) is 14.2 Å². The summed E-state index contributed by atoms with van der Waals surface area (Å²) in [5.41, 5.74) is 0. The first kappa shape index (κ1) is 73.1. The number of ether oxygens (including phenoxy) is 3. The van der Waals surface area contributed by atoms with Crippen molar-refractivity contribution in [2.45, 2.75) is 309 Å². The summed E-state index contributed by atoms with van der Waals surface area (Å²) < 4.78 is 16.9. The van der Waals surface area contributed by atoms with Crippen molar-refractivity contribution in [3.05, 3.63) is 109 Å². The van der Waals surface area contributed by atoms with Crippen LogP contribution in [0, 0.1) is 0 Å². The van der Waals surface area contributed by atoms with Crippen LogP contribution < -0.4 is 0 Å². The summed E-state index contributed by atoms with van der Waals surface area (Å²) in [5, 5.41) is 0. The molecule has 0 aliphatic heterocycles. The van der Waals surface area contributed by atoms with Gasteiger partial charge < -0.3 is 14.2 Å². The van der Waals surface area contributed by atoms with E-state index in [2.05, 4.69) is 130 Å². The molecule has 440 valence electrons. The average molecular weight is 1070 g/mol. The Morgan fingerprint density at radius 3 is 0.805 bits per heavy atom. The number of allylic oxidation sites excluding steroid dienone is 18. The standard InChI is InChI=1S/C71H120O6/c1-4-7-10-13-16-19-22-25-28-30-32-33-34-35-36-37-38-39-40-42-43-46-49-52-55-58-61-64-70(73)76-67-68(66-75-69(72)63-60-57-54-51-48-45-27-24-21-18-15-12-9-6-3)77-71(74)65-62-59-56-53-50-47-44-41-31-29-26-23-20-17-14-11-8-5-2/h7,10,16,19-20,23,25,28-29,31-33,35-36,38-39,42-43,68H,4-6,8-9,11-15,17-18,21-22,24,26-27,30,34,37,40-41,44-67H2,1-3H3/b10-7-,19-16-,23-20-,28-25-,31-29-,33-32-,36-35-,39-38-,43-42-. The van der Waals surface area contributed by atoms with Gasteiger partial charge in [0.05, 0.1) is 0 Å². The molecule has 1 atom stereocenters. The number of carbonyl (C=O) groups excluding carboxylic acids is 3. The monoisotopic (exact) mass is 1070 g/mol. The first-order chi connectivity index (χ1) is 38.0. The minimum Gasteiger partial charge on any atom is -0.462 e. The van der Waals surface area contributed by atoms with Gasteiger partial charge in [-0.2, -0.15) is 0 Å². The topological polar surface area (TPSA) is 78.9 Å². The lowest BCUT2D eigenvalue weighted by atomic mass is 10.0. The van der Waals surface area contributed by atoms with Crippen LogP contribution in [-0.4, -0.2) is 37.2 Å². The van der Waals surface area contributed by atoms with Crippen molar-refractivity contribution in [3.63, 3.8) is 0 Å². The molecule has 0 spiro atoms. The molecule has 0 aliphatic rings. The third-order valence-electron chi connectivity index (χ3n) is 13.8. The molecule has 77 heavy (non-hydrogen) atoms. The van der Waals surface area contributed by atoms with Gasteiger partial charge in [0.1, 0.15) is 13.2 Å². The first-order valence-electron chi connectivity index (χ1n) is 32.4. The molecule has 6 nitrogen and oxygen atoms in total. The summed E-state index contributed by atoms with van der Waals surface area (Å²) in [6, 6.07) is 0. The van der Waals surface area contributed by atoms with Crippen molar-refractivity contribution < 1.29 is 28.6 Å². The van der Waals surface area contributed by atoms with E-state index in [9.17, 15) is 14.4 Å². The van der Waals surface area contributed by atoms with Crippen molar-refractivity contribution in [1.82, 2.24) is 0 Å². The molecule has 0 aromatic carbocycles. The Kier molecular flexibility index (Phi) is 61.3.